The fourth-order valence-corrected chi connectivity index (χ4v) is 2.17. The van der Waals surface area contributed by atoms with Crippen LogP contribution < -0.4 is 20.9 Å². The molecular formula is C19H18F3N3O4. The van der Waals surface area contributed by atoms with Crippen molar-refractivity contribution >= 4 is 23.4 Å². The molecule has 0 saturated carbocycles. The van der Waals surface area contributed by atoms with Gasteiger partial charge in [-0.05, 0) is 56.3 Å². The van der Waals surface area contributed by atoms with Gasteiger partial charge in [-0.1, -0.05) is 6.07 Å². The molecule has 0 fully saturated rings. The Hall–Kier alpha value is -3.56. The lowest BCUT2D eigenvalue weighted by molar-refractivity contribution is -0.137. The van der Waals surface area contributed by atoms with Crippen LogP contribution in [0.3, 0.4) is 0 Å². The van der Waals surface area contributed by atoms with E-state index in [0.29, 0.717) is 11.3 Å². The fourth-order valence-electron chi connectivity index (χ4n) is 2.17. The molecule has 2 aromatic rings. The normalized spacial score (nSPS) is 11.9. The van der Waals surface area contributed by atoms with Crippen molar-refractivity contribution in [1.82, 2.24) is 10.9 Å². The molecule has 3 amide bonds. The summed E-state index contributed by atoms with van der Waals surface area (Å²) in [6, 6.07) is 9.41. The first-order valence-corrected chi connectivity index (χ1v) is 8.38. The van der Waals surface area contributed by atoms with Crippen molar-refractivity contribution < 1.29 is 32.3 Å². The highest BCUT2D eigenvalue weighted by Gasteiger charge is 2.30. The second kappa shape index (κ2) is 9.09. The summed E-state index contributed by atoms with van der Waals surface area (Å²) < 4.78 is 43.3. The SMILES string of the molecule is CC(=O)c1ccc(NC(=O)NNC(=O)[C@@H](C)Oc2cccc(C(F)(F)F)c2)cc1. The molecule has 0 aliphatic carbocycles. The van der Waals surface area contributed by atoms with Gasteiger partial charge in [-0.15, -0.1) is 0 Å². The Balaban J connectivity index is 1.85. The molecule has 0 radical (unpaired) electrons. The van der Waals surface area contributed by atoms with E-state index in [4.69, 9.17) is 4.74 Å². The molecule has 0 aromatic heterocycles. The van der Waals surface area contributed by atoms with Gasteiger partial charge < -0.3 is 10.1 Å². The Morgan fingerprint density at radius 3 is 2.24 bits per heavy atom. The standard InChI is InChI=1S/C19H18F3N3O4/c1-11(26)13-6-8-15(9-7-13)23-18(28)25-24-17(27)12(2)29-16-5-3-4-14(10-16)19(20,21)22/h3-10,12H,1-2H3,(H,24,27)(H2,23,25,28)/t12-/m1/s1. The summed E-state index contributed by atoms with van der Waals surface area (Å²) in [6.45, 7) is 2.73. The topological polar surface area (TPSA) is 96.5 Å². The average Bonchev–Trinajstić information content (AvgIpc) is 2.66. The summed E-state index contributed by atoms with van der Waals surface area (Å²) in [4.78, 5) is 35.0. The number of alkyl halides is 3. The van der Waals surface area contributed by atoms with Crippen LogP contribution in [0.4, 0.5) is 23.7 Å². The zero-order valence-electron chi connectivity index (χ0n) is 15.5. The van der Waals surface area contributed by atoms with Crippen LogP contribution in [0.1, 0.15) is 29.8 Å². The molecule has 0 aliphatic rings. The Kier molecular flexibility index (Phi) is 6.81. The number of Topliss-reactive ketones (excluding diaryl/α,β-unsaturated/α-hetero) is 1. The van der Waals surface area contributed by atoms with Crippen molar-refractivity contribution in [2.24, 2.45) is 0 Å². The number of halogens is 3. The molecule has 0 bridgehead atoms. The first kappa shape index (κ1) is 21.7. The van der Waals surface area contributed by atoms with E-state index in [9.17, 15) is 27.6 Å². The second-order valence-corrected chi connectivity index (χ2v) is 5.99. The van der Waals surface area contributed by atoms with Crippen molar-refractivity contribution in [3.05, 3.63) is 59.7 Å². The molecule has 2 aromatic carbocycles. The molecule has 154 valence electrons. The Bertz CT molecular complexity index is 898. The van der Waals surface area contributed by atoms with Crippen molar-refractivity contribution in [2.75, 3.05) is 5.32 Å². The number of amides is 3. The average molecular weight is 409 g/mol. The van der Waals surface area contributed by atoms with Gasteiger partial charge in [0.05, 0.1) is 5.56 Å². The molecule has 2 rings (SSSR count). The predicted molar refractivity (Wildman–Crippen MR) is 98.3 cm³/mol. The summed E-state index contributed by atoms with van der Waals surface area (Å²) in [7, 11) is 0. The quantitative estimate of drug-likeness (QED) is 0.520. The van der Waals surface area contributed by atoms with E-state index in [1.807, 2.05) is 0 Å². The number of carbonyl (C=O) groups is 3. The molecule has 0 aliphatic heterocycles. The van der Waals surface area contributed by atoms with Crippen LogP contribution >= 0.6 is 0 Å². The third kappa shape index (κ3) is 6.52. The van der Waals surface area contributed by atoms with Crippen molar-refractivity contribution in [3.8, 4) is 5.75 Å². The van der Waals surface area contributed by atoms with Crippen LogP contribution in [0.2, 0.25) is 0 Å². The van der Waals surface area contributed by atoms with Crippen LogP contribution in [0, 0.1) is 0 Å². The molecule has 7 nitrogen and oxygen atoms in total. The van der Waals surface area contributed by atoms with Crippen molar-refractivity contribution in [1.29, 1.82) is 0 Å². The number of anilines is 1. The number of benzene rings is 2. The van der Waals surface area contributed by atoms with Crippen LogP contribution in [-0.2, 0) is 11.0 Å². The monoisotopic (exact) mass is 409 g/mol. The van der Waals surface area contributed by atoms with Gasteiger partial charge in [0, 0.05) is 11.3 Å². The third-order valence-corrected chi connectivity index (χ3v) is 3.69. The maximum atomic E-state index is 12.7. The molecule has 10 heteroatoms. The van der Waals surface area contributed by atoms with E-state index in [-0.39, 0.29) is 11.5 Å². The molecule has 29 heavy (non-hydrogen) atoms. The van der Waals surface area contributed by atoms with Crippen LogP contribution in [0.5, 0.6) is 5.75 Å². The summed E-state index contributed by atoms with van der Waals surface area (Å²) >= 11 is 0. The molecule has 3 N–H and O–H groups in total. The van der Waals surface area contributed by atoms with Crippen molar-refractivity contribution in [3.63, 3.8) is 0 Å². The summed E-state index contributed by atoms with van der Waals surface area (Å²) in [5.41, 5.74) is 4.14. The van der Waals surface area contributed by atoms with Gasteiger partial charge in [-0.25, -0.2) is 10.2 Å². The zero-order valence-corrected chi connectivity index (χ0v) is 15.5. The number of carbonyl (C=O) groups excluding carboxylic acids is 3. The van der Waals surface area contributed by atoms with Crippen molar-refractivity contribution in [2.45, 2.75) is 26.1 Å². The minimum atomic E-state index is -4.53. The Labute approximate surface area is 164 Å². The predicted octanol–water partition coefficient (Wildman–Crippen LogP) is 3.53. The van der Waals surface area contributed by atoms with Gasteiger partial charge >= 0.3 is 12.2 Å². The van der Waals surface area contributed by atoms with Gasteiger partial charge in [-0.3, -0.25) is 15.0 Å². The lowest BCUT2D eigenvalue weighted by Crippen LogP contribution is -2.48. The Morgan fingerprint density at radius 2 is 1.66 bits per heavy atom. The van der Waals surface area contributed by atoms with Gasteiger partial charge in [0.2, 0.25) is 0 Å². The molecule has 0 unspecified atom stereocenters. The number of hydrogen-bond acceptors (Lipinski definition) is 4. The number of ketones is 1. The molecule has 0 spiro atoms. The first-order valence-electron chi connectivity index (χ1n) is 8.38. The number of nitrogens with one attached hydrogen (secondary N) is 3. The van der Waals surface area contributed by atoms with Gasteiger partial charge in [0.1, 0.15) is 5.75 Å². The second-order valence-electron chi connectivity index (χ2n) is 5.99. The highest BCUT2D eigenvalue weighted by atomic mass is 19.4. The molecule has 0 heterocycles. The maximum Gasteiger partial charge on any atom is 0.416 e. The first-order chi connectivity index (χ1) is 13.6. The summed E-state index contributed by atoms with van der Waals surface area (Å²) in [5.74, 6) is -1.04. The number of hydrazine groups is 1. The van der Waals surface area contributed by atoms with E-state index in [1.165, 1.54) is 44.2 Å². The highest BCUT2D eigenvalue weighted by molar-refractivity contribution is 5.95. The maximum absolute atomic E-state index is 12.7. The van der Waals surface area contributed by atoms with Crippen LogP contribution in [0.15, 0.2) is 48.5 Å². The minimum Gasteiger partial charge on any atom is -0.481 e. The van der Waals surface area contributed by atoms with E-state index < -0.39 is 29.8 Å². The van der Waals surface area contributed by atoms with E-state index in [1.54, 1.807) is 0 Å². The summed E-state index contributed by atoms with van der Waals surface area (Å²) in [6.07, 6.45) is -5.71. The number of hydrogen-bond donors (Lipinski definition) is 3. The van der Waals surface area contributed by atoms with Gasteiger partial charge in [-0.2, -0.15) is 13.2 Å². The molecular weight excluding hydrogens is 391 g/mol. The smallest absolute Gasteiger partial charge is 0.416 e. The van der Waals surface area contributed by atoms with E-state index in [2.05, 4.69) is 16.2 Å². The van der Waals surface area contributed by atoms with Crippen LogP contribution in [-0.4, -0.2) is 23.8 Å². The molecule has 0 saturated heterocycles. The highest BCUT2D eigenvalue weighted by Crippen LogP contribution is 2.31. The zero-order chi connectivity index (χ0) is 21.6. The third-order valence-electron chi connectivity index (χ3n) is 3.69. The lowest BCUT2D eigenvalue weighted by atomic mass is 10.1. The largest absolute Gasteiger partial charge is 0.481 e. The number of rotatable bonds is 5. The minimum absolute atomic E-state index is 0.122. The molecule has 1 atom stereocenters. The number of urea groups is 1. The van der Waals surface area contributed by atoms with Gasteiger partial charge in [0.15, 0.2) is 11.9 Å². The van der Waals surface area contributed by atoms with Crippen LogP contribution in [0.25, 0.3) is 0 Å². The van der Waals surface area contributed by atoms with E-state index >= 15 is 0 Å². The van der Waals surface area contributed by atoms with E-state index in [0.717, 1.165) is 18.2 Å². The Morgan fingerprint density at radius 1 is 1.00 bits per heavy atom. The van der Waals surface area contributed by atoms with Gasteiger partial charge in [0.25, 0.3) is 5.91 Å². The number of ether oxygens (including phenoxy) is 1. The lowest BCUT2D eigenvalue weighted by Gasteiger charge is -2.16. The fraction of sp³-hybridized carbons (Fsp3) is 0.211. The summed E-state index contributed by atoms with van der Waals surface area (Å²) in [5, 5.41) is 2.43.